The first-order chi connectivity index (χ1) is 10.7. The minimum absolute atomic E-state index is 0.225. The normalized spacial score (nSPS) is 23.5. The van der Waals surface area contributed by atoms with E-state index >= 15 is 0 Å². The van der Waals surface area contributed by atoms with E-state index in [1.807, 2.05) is 12.1 Å². The molecule has 0 bridgehead atoms. The number of nitrogens with one attached hydrogen (secondary N) is 1. The molecule has 2 aliphatic rings. The molecule has 2 aromatic rings. The SMILES string of the molecule is CC(NCc1ccc(C2CC2C)o1)c1ccc2c(c1)OCO2. The summed E-state index contributed by atoms with van der Waals surface area (Å²) in [5.41, 5.74) is 1.19. The smallest absolute Gasteiger partial charge is 0.231 e. The third-order valence-corrected chi connectivity index (χ3v) is 4.64. The van der Waals surface area contributed by atoms with Crippen LogP contribution in [0.4, 0.5) is 0 Å². The molecule has 2 heterocycles. The molecular weight excluding hydrogens is 278 g/mol. The predicted octanol–water partition coefficient (Wildman–Crippen LogP) is 3.98. The lowest BCUT2D eigenvalue weighted by molar-refractivity contribution is 0.174. The number of hydrogen-bond donors (Lipinski definition) is 1. The van der Waals surface area contributed by atoms with Crippen molar-refractivity contribution >= 4 is 0 Å². The van der Waals surface area contributed by atoms with E-state index in [1.165, 1.54) is 12.0 Å². The summed E-state index contributed by atoms with van der Waals surface area (Å²) in [6.07, 6.45) is 1.26. The minimum atomic E-state index is 0.225. The summed E-state index contributed by atoms with van der Waals surface area (Å²) < 4.78 is 16.7. The topological polar surface area (TPSA) is 43.6 Å². The van der Waals surface area contributed by atoms with Crippen molar-refractivity contribution in [1.82, 2.24) is 5.32 Å². The van der Waals surface area contributed by atoms with Crippen molar-refractivity contribution < 1.29 is 13.9 Å². The second kappa shape index (κ2) is 5.36. The first-order valence-electron chi connectivity index (χ1n) is 7.92. The number of rotatable bonds is 5. The highest BCUT2D eigenvalue weighted by molar-refractivity contribution is 5.45. The fraction of sp³-hybridized carbons (Fsp3) is 0.444. The van der Waals surface area contributed by atoms with Gasteiger partial charge in [-0.15, -0.1) is 0 Å². The van der Waals surface area contributed by atoms with Gasteiger partial charge in [0.2, 0.25) is 6.79 Å². The maximum atomic E-state index is 5.93. The number of furan rings is 1. The van der Waals surface area contributed by atoms with Crippen LogP contribution in [0.2, 0.25) is 0 Å². The van der Waals surface area contributed by atoms with Crippen LogP contribution in [0, 0.1) is 5.92 Å². The Morgan fingerprint density at radius 1 is 1.18 bits per heavy atom. The van der Waals surface area contributed by atoms with Gasteiger partial charge in [0.1, 0.15) is 11.5 Å². The number of fused-ring (bicyclic) bond motifs is 1. The summed E-state index contributed by atoms with van der Waals surface area (Å²) in [6, 6.07) is 10.5. The molecule has 1 saturated carbocycles. The Morgan fingerprint density at radius 3 is 2.82 bits per heavy atom. The van der Waals surface area contributed by atoms with Crippen molar-refractivity contribution in [2.24, 2.45) is 5.92 Å². The fourth-order valence-electron chi connectivity index (χ4n) is 2.96. The maximum Gasteiger partial charge on any atom is 0.231 e. The first kappa shape index (κ1) is 13.7. The molecule has 116 valence electrons. The van der Waals surface area contributed by atoms with Gasteiger partial charge in [-0.05, 0) is 49.1 Å². The lowest BCUT2D eigenvalue weighted by atomic mass is 10.1. The Hall–Kier alpha value is -1.94. The van der Waals surface area contributed by atoms with Gasteiger partial charge in [0.25, 0.3) is 0 Å². The van der Waals surface area contributed by atoms with Crippen molar-refractivity contribution in [3.8, 4) is 11.5 Å². The van der Waals surface area contributed by atoms with Gasteiger partial charge >= 0.3 is 0 Å². The van der Waals surface area contributed by atoms with Crippen LogP contribution in [0.5, 0.6) is 11.5 Å². The molecule has 1 aliphatic heterocycles. The zero-order valence-electron chi connectivity index (χ0n) is 13.0. The highest BCUT2D eigenvalue weighted by Gasteiger charge is 2.36. The summed E-state index contributed by atoms with van der Waals surface area (Å²) in [5.74, 6) is 5.21. The molecule has 1 aromatic carbocycles. The first-order valence-corrected chi connectivity index (χ1v) is 7.92. The molecule has 0 radical (unpaired) electrons. The lowest BCUT2D eigenvalue weighted by Crippen LogP contribution is -2.17. The summed E-state index contributed by atoms with van der Waals surface area (Å²) in [7, 11) is 0. The largest absolute Gasteiger partial charge is 0.464 e. The molecule has 0 spiro atoms. The van der Waals surface area contributed by atoms with Crippen molar-refractivity contribution in [3.63, 3.8) is 0 Å². The Balaban J connectivity index is 1.37. The van der Waals surface area contributed by atoms with Crippen molar-refractivity contribution in [2.75, 3.05) is 6.79 Å². The third kappa shape index (κ3) is 2.59. The van der Waals surface area contributed by atoms with Gasteiger partial charge in [0.05, 0.1) is 6.54 Å². The number of benzene rings is 1. The number of hydrogen-bond acceptors (Lipinski definition) is 4. The Kier molecular flexibility index (Phi) is 3.34. The third-order valence-electron chi connectivity index (χ3n) is 4.64. The molecule has 1 fully saturated rings. The van der Waals surface area contributed by atoms with E-state index in [1.54, 1.807) is 0 Å². The quantitative estimate of drug-likeness (QED) is 0.907. The maximum absolute atomic E-state index is 5.93. The van der Waals surface area contributed by atoms with Crippen LogP contribution in [0.25, 0.3) is 0 Å². The van der Waals surface area contributed by atoms with E-state index in [2.05, 4.69) is 37.4 Å². The Labute approximate surface area is 130 Å². The van der Waals surface area contributed by atoms with Gasteiger partial charge in [0, 0.05) is 12.0 Å². The average molecular weight is 299 g/mol. The van der Waals surface area contributed by atoms with Gasteiger partial charge < -0.3 is 19.2 Å². The van der Waals surface area contributed by atoms with Crippen molar-refractivity contribution in [1.29, 1.82) is 0 Å². The molecule has 22 heavy (non-hydrogen) atoms. The van der Waals surface area contributed by atoms with Gasteiger partial charge in [-0.2, -0.15) is 0 Å². The van der Waals surface area contributed by atoms with Crippen LogP contribution in [0.3, 0.4) is 0 Å². The summed E-state index contributed by atoms with van der Waals surface area (Å²) in [5, 5.41) is 3.50. The minimum Gasteiger partial charge on any atom is -0.464 e. The summed E-state index contributed by atoms with van der Waals surface area (Å²) in [6.45, 7) is 5.46. The van der Waals surface area contributed by atoms with Crippen LogP contribution in [0.1, 0.15) is 49.3 Å². The monoisotopic (exact) mass is 299 g/mol. The summed E-state index contributed by atoms with van der Waals surface area (Å²) >= 11 is 0. The zero-order chi connectivity index (χ0) is 15.1. The molecule has 4 rings (SSSR count). The molecule has 1 aromatic heterocycles. The van der Waals surface area contributed by atoms with Gasteiger partial charge in [-0.25, -0.2) is 0 Å². The van der Waals surface area contributed by atoms with Gasteiger partial charge in [-0.3, -0.25) is 0 Å². The zero-order valence-corrected chi connectivity index (χ0v) is 13.0. The van der Waals surface area contributed by atoms with E-state index < -0.39 is 0 Å². The second-order valence-electron chi connectivity index (χ2n) is 6.34. The van der Waals surface area contributed by atoms with Gasteiger partial charge in [-0.1, -0.05) is 13.0 Å². The van der Waals surface area contributed by atoms with Crippen LogP contribution in [-0.2, 0) is 6.54 Å². The van der Waals surface area contributed by atoms with E-state index in [0.29, 0.717) is 12.7 Å². The second-order valence-corrected chi connectivity index (χ2v) is 6.34. The molecule has 1 aliphatic carbocycles. The number of ether oxygens (including phenoxy) is 2. The predicted molar refractivity (Wildman–Crippen MR) is 83.0 cm³/mol. The Morgan fingerprint density at radius 2 is 2.00 bits per heavy atom. The molecule has 4 nitrogen and oxygen atoms in total. The van der Waals surface area contributed by atoms with E-state index in [4.69, 9.17) is 13.9 Å². The molecule has 4 heteroatoms. The van der Waals surface area contributed by atoms with E-state index in [9.17, 15) is 0 Å². The molecule has 0 amide bonds. The molecule has 1 N–H and O–H groups in total. The highest BCUT2D eigenvalue weighted by Crippen LogP contribution is 2.47. The van der Waals surface area contributed by atoms with E-state index in [0.717, 1.165) is 35.5 Å². The standard InChI is InChI=1S/C18H21NO3/c1-11-7-15(11)16-6-4-14(22-16)9-19-12(2)13-3-5-17-18(8-13)21-10-20-17/h3-6,8,11-12,15,19H,7,9-10H2,1-2H3. The molecule has 3 unspecified atom stereocenters. The van der Waals surface area contributed by atoms with Crippen LogP contribution in [-0.4, -0.2) is 6.79 Å². The van der Waals surface area contributed by atoms with Crippen LogP contribution < -0.4 is 14.8 Å². The molecular formula is C18H21NO3. The van der Waals surface area contributed by atoms with E-state index in [-0.39, 0.29) is 6.04 Å². The average Bonchev–Trinajstić information content (AvgIpc) is 2.97. The summed E-state index contributed by atoms with van der Waals surface area (Å²) in [4.78, 5) is 0. The Bertz CT molecular complexity index is 679. The lowest BCUT2D eigenvalue weighted by Gasteiger charge is -2.13. The van der Waals surface area contributed by atoms with Crippen molar-refractivity contribution in [3.05, 3.63) is 47.4 Å². The van der Waals surface area contributed by atoms with Crippen LogP contribution in [0.15, 0.2) is 34.7 Å². The fourth-order valence-corrected chi connectivity index (χ4v) is 2.96. The van der Waals surface area contributed by atoms with Gasteiger partial charge in [0.15, 0.2) is 11.5 Å². The highest BCUT2D eigenvalue weighted by atomic mass is 16.7. The molecule has 3 atom stereocenters. The van der Waals surface area contributed by atoms with Crippen LogP contribution >= 0.6 is 0 Å². The molecule has 0 saturated heterocycles. The van der Waals surface area contributed by atoms with Crippen molar-refractivity contribution in [2.45, 2.75) is 38.8 Å².